The molecule has 1 aliphatic heterocycles. The summed E-state index contributed by atoms with van der Waals surface area (Å²) in [5.41, 5.74) is 4.51. The third-order valence-electron chi connectivity index (χ3n) is 5.45. The van der Waals surface area contributed by atoms with Crippen molar-refractivity contribution in [3.63, 3.8) is 0 Å². The summed E-state index contributed by atoms with van der Waals surface area (Å²) in [6.07, 6.45) is 1.78. The number of aromatic hydroxyl groups is 2. The van der Waals surface area contributed by atoms with Crippen molar-refractivity contribution < 1.29 is 19.7 Å². The van der Waals surface area contributed by atoms with Crippen LogP contribution in [0.5, 0.6) is 17.2 Å². The molecule has 1 amide bonds. The highest BCUT2D eigenvalue weighted by Gasteiger charge is 2.31. The lowest BCUT2D eigenvalue weighted by atomic mass is 10.0. The predicted molar refractivity (Wildman–Crippen MR) is 115 cm³/mol. The van der Waals surface area contributed by atoms with E-state index in [0.717, 1.165) is 22.3 Å². The van der Waals surface area contributed by atoms with Gasteiger partial charge in [0.15, 0.2) is 0 Å². The summed E-state index contributed by atoms with van der Waals surface area (Å²) in [7, 11) is 0. The number of carbonyl (C=O) groups is 1. The van der Waals surface area contributed by atoms with E-state index in [0.29, 0.717) is 18.7 Å². The van der Waals surface area contributed by atoms with Crippen molar-refractivity contribution in [1.82, 2.24) is 4.90 Å². The minimum atomic E-state index is -0.343. The Labute approximate surface area is 175 Å². The molecular weight excluding hydrogens is 378 g/mol. The van der Waals surface area contributed by atoms with E-state index in [2.05, 4.69) is 6.58 Å². The third-order valence-corrected chi connectivity index (χ3v) is 5.45. The van der Waals surface area contributed by atoms with Gasteiger partial charge in [-0.25, -0.2) is 0 Å². The number of carbonyl (C=O) groups excluding carboxylic acids is 1. The molecule has 3 aromatic rings. The number of rotatable bonds is 5. The number of nitrogens with zero attached hydrogens (tertiary/aromatic N) is 1. The lowest BCUT2D eigenvalue weighted by Gasteiger charge is -2.21. The van der Waals surface area contributed by atoms with Crippen LogP contribution in [-0.4, -0.2) is 21.0 Å². The van der Waals surface area contributed by atoms with Gasteiger partial charge in [-0.15, -0.1) is 0 Å². The Morgan fingerprint density at radius 1 is 1.10 bits per heavy atom. The Balaban J connectivity index is 1.67. The normalized spacial score (nSPS) is 12.5. The maximum Gasteiger partial charge on any atom is 0.262 e. The first-order chi connectivity index (χ1) is 14.5. The zero-order valence-corrected chi connectivity index (χ0v) is 16.8. The van der Waals surface area contributed by atoms with Gasteiger partial charge >= 0.3 is 0 Å². The second kappa shape index (κ2) is 7.95. The van der Waals surface area contributed by atoms with Gasteiger partial charge in [0.1, 0.15) is 29.4 Å². The van der Waals surface area contributed by atoms with E-state index in [9.17, 15) is 15.0 Å². The second-order valence-electron chi connectivity index (χ2n) is 7.37. The molecule has 0 atom stereocenters. The fourth-order valence-electron chi connectivity index (χ4n) is 3.79. The van der Waals surface area contributed by atoms with Crippen molar-refractivity contribution in [2.75, 3.05) is 0 Å². The lowest BCUT2D eigenvalue weighted by Crippen LogP contribution is -2.26. The van der Waals surface area contributed by atoms with Gasteiger partial charge in [-0.1, -0.05) is 61.2 Å². The smallest absolute Gasteiger partial charge is 0.262 e. The van der Waals surface area contributed by atoms with Gasteiger partial charge in [0.05, 0.1) is 0 Å². The van der Waals surface area contributed by atoms with Gasteiger partial charge < -0.3 is 19.8 Å². The summed E-state index contributed by atoms with van der Waals surface area (Å²) in [6, 6.07) is 16.6. The van der Waals surface area contributed by atoms with Crippen LogP contribution in [0.1, 0.15) is 38.2 Å². The van der Waals surface area contributed by atoms with E-state index in [-0.39, 0.29) is 35.3 Å². The molecule has 0 aliphatic carbocycles. The molecule has 30 heavy (non-hydrogen) atoms. The van der Waals surface area contributed by atoms with Crippen molar-refractivity contribution in [2.24, 2.45) is 0 Å². The van der Waals surface area contributed by atoms with Crippen molar-refractivity contribution in [3.8, 4) is 17.2 Å². The maximum atomic E-state index is 13.4. The number of hydrogen-bond acceptors (Lipinski definition) is 4. The highest BCUT2D eigenvalue weighted by atomic mass is 16.5. The van der Waals surface area contributed by atoms with E-state index in [1.54, 1.807) is 17.9 Å². The monoisotopic (exact) mass is 401 g/mol. The number of hydrogen-bond donors (Lipinski definition) is 2. The minimum Gasteiger partial charge on any atom is -0.507 e. The first-order valence-corrected chi connectivity index (χ1v) is 9.74. The number of benzene rings is 3. The largest absolute Gasteiger partial charge is 0.507 e. The fraction of sp³-hybridized carbons (Fsp3) is 0.160. The molecule has 3 aromatic carbocycles. The first kappa shape index (κ1) is 19.6. The first-order valence-electron chi connectivity index (χ1n) is 9.74. The molecule has 5 nitrogen and oxygen atoms in total. The standard InChI is InChI=1S/C25H23NO4/c1-3-18-10-7-11-19-13-26(14-20(18)19)25(29)23-22(28)12-21(27)16(2)24(23)30-15-17-8-5-4-6-9-17/h3-12,27-28H,1,13-15H2,2H3. The van der Waals surface area contributed by atoms with Crippen molar-refractivity contribution in [2.45, 2.75) is 26.6 Å². The average molecular weight is 401 g/mol. The fourth-order valence-corrected chi connectivity index (χ4v) is 3.79. The summed E-state index contributed by atoms with van der Waals surface area (Å²) in [5.74, 6) is -0.567. The van der Waals surface area contributed by atoms with Crippen LogP contribution in [0.2, 0.25) is 0 Å². The molecule has 0 saturated heterocycles. The van der Waals surface area contributed by atoms with Gasteiger partial charge in [-0.2, -0.15) is 0 Å². The molecule has 0 unspecified atom stereocenters. The molecule has 5 heteroatoms. The summed E-state index contributed by atoms with van der Waals surface area (Å²) >= 11 is 0. The zero-order valence-electron chi connectivity index (χ0n) is 16.8. The number of amides is 1. The molecule has 0 aromatic heterocycles. The lowest BCUT2D eigenvalue weighted by molar-refractivity contribution is 0.0742. The summed E-state index contributed by atoms with van der Waals surface area (Å²) in [4.78, 5) is 15.1. The molecule has 0 spiro atoms. The van der Waals surface area contributed by atoms with Gasteiger partial charge in [0.25, 0.3) is 5.91 Å². The Morgan fingerprint density at radius 3 is 2.60 bits per heavy atom. The Hall–Kier alpha value is -3.73. The van der Waals surface area contributed by atoms with Crippen molar-refractivity contribution >= 4 is 12.0 Å². The Kier molecular flexibility index (Phi) is 5.19. The predicted octanol–water partition coefficient (Wildman–Crippen LogP) is 4.78. The van der Waals surface area contributed by atoms with E-state index in [1.165, 1.54) is 6.07 Å². The van der Waals surface area contributed by atoms with Crippen LogP contribution in [0.4, 0.5) is 0 Å². The molecule has 2 N–H and O–H groups in total. The summed E-state index contributed by atoms with van der Waals surface area (Å²) in [6.45, 7) is 6.59. The average Bonchev–Trinajstić information content (AvgIpc) is 3.20. The molecular formula is C25H23NO4. The van der Waals surface area contributed by atoms with Crippen LogP contribution in [0.15, 0.2) is 61.2 Å². The molecule has 152 valence electrons. The van der Waals surface area contributed by atoms with Crippen LogP contribution < -0.4 is 4.74 Å². The Morgan fingerprint density at radius 2 is 1.87 bits per heavy atom. The van der Waals surface area contributed by atoms with Crippen LogP contribution >= 0.6 is 0 Å². The number of ether oxygens (including phenoxy) is 1. The highest BCUT2D eigenvalue weighted by Crippen LogP contribution is 2.40. The SMILES string of the molecule is C=Cc1cccc2c1CN(C(=O)c1c(O)cc(O)c(C)c1OCc1ccccc1)C2. The molecule has 0 radical (unpaired) electrons. The van der Waals surface area contributed by atoms with Crippen LogP contribution in [0, 0.1) is 6.92 Å². The van der Waals surface area contributed by atoms with E-state index < -0.39 is 0 Å². The van der Waals surface area contributed by atoms with E-state index in [4.69, 9.17) is 4.74 Å². The van der Waals surface area contributed by atoms with Crippen molar-refractivity contribution in [1.29, 1.82) is 0 Å². The molecule has 1 aliphatic rings. The summed E-state index contributed by atoms with van der Waals surface area (Å²) in [5, 5.41) is 20.7. The molecule has 4 rings (SSSR count). The molecule has 0 fully saturated rings. The molecule has 1 heterocycles. The summed E-state index contributed by atoms with van der Waals surface area (Å²) < 4.78 is 5.93. The second-order valence-corrected chi connectivity index (χ2v) is 7.37. The number of phenols is 2. The van der Waals surface area contributed by atoms with Crippen LogP contribution in [0.3, 0.4) is 0 Å². The van der Waals surface area contributed by atoms with E-state index in [1.807, 2.05) is 48.5 Å². The van der Waals surface area contributed by atoms with Crippen LogP contribution in [0.25, 0.3) is 6.08 Å². The van der Waals surface area contributed by atoms with Crippen LogP contribution in [-0.2, 0) is 19.7 Å². The third kappa shape index (κ3) is 3.50. The highest BCUT2D eigenvalue weighted by molar-refractivity contribution is 6.00. The van der Waals surface area contributed by atoms with Gasteiger partial charge in [-0.3, -0.25) is 4.79 Å². The van der Waals surface area contributed by atoms with Gasteiger partial charge in [0, 0.05) is 24.7 Å². The van der Waals surface area contributed by atoms with Gasteiger partial charge in [0.2, 0.25) is 0 Å². The zero-order chi connectivity index (χ0) is 21.3. The number of phenolic OH excluding ortho intramolecular Hbond substituents is 2. The maximum absolute atomic E-state index is 13.4. The Bertz CT molecular complexity index is 1120. The minimum absolute atomic E-state index is 0.0641. The molecule has 0 bridgehead atoms. The molecule has 0 saturated carbocycles. The van der Waals surface area contributed by atoms with E-state index >= 15 is 0 Å². The van der Waals surface area contributed by atoms with Gasteiger partial charge in [-0.05, 0) is 29.2 Å². The topological polar surface area (TPSA) is 70.0 Å². The number of fused-ring (bicyclic) bond motifs is 1. The van der Waals surface area contributed by atoms with Crippen molar-refractivity contribution in [3.05, 3.63) is 94.6 Å². The quantitative estimate of drug-likeness (QED) is 0.645.